The number of esters is 1. The highest BCUT2D eigenvalue weighted by Crippen LogP contribution is 2.30. The van der Waals surface area contributed by atoms with E-state index in [1.54, 1.807) is 13.8 Å². The predicted octanol–water partition coefficient (Wildman–Crippen LogP) is 1.90. The van der Waals surface area contributed by atoms with Crippen molar-refractivity contribution in [3.63, 3.8) is 0 Å². The van der Waals surface area contributed by atoms with Gasteiger partial charge in [-0.25, -0.2) is 4.79 Å². The number of amides is 1. The predicted molar refractivity (Wildman–Crippen MR) is 71.3 cm³/mol. The molecule has 0 aromatic carbocycles. The third-order valence-corrected chi connectivity index (χ3v) is 3.90. The van der Waals surface area contributed by atoms with Gasteiger partial charge >= 0.3 is 5.97 Å². The number of hydrogen-bond acceptors (Lipinski definition) is 5. The molecule has 6 heteroatoms. The SMILES string of the molecule is COC(=O)C1(NC(=O)c2c(C)noc2C)CCCCC1. The van der Waals surface area contributed by atoms with Crippen molar-refractivity contribution in [2.45, 2.75) is 51.5 Å². The van der Waals surface area contributed by atoms with E-state index in [0.717, 1.165) is 19.3 Å². The molecule has 1 aliphatic carbocycles. The molecule has 0 radical (unpaired) electrons. The number of hydrogen-bond donors (Lipinski definition) is 1. The lowest BCUT2D eigenvalue weighted by Gasteiger charge is -2.35. The number of nitrogens with zero attached hydrogens (tertiary/aromatic N) is 1. The summed E-state index contributed by atoms with van der Waals surface area (Å²) in [5.41, 5.74) is 0.00919. The van der Waals surface area contributed by atoms with E-state index in [4.69, 9.17) is 9.26 Å². The minimum Gasteiger partial charge on any atom is -0.467 e. The van der Waals surface area contributed by atoms with E-state index in [-0.39, 0.29) is 11.9 Å². The maximum Gasteiger partial charge on any atom is 0.331 e. The molecule has 1 saturated carbocycles. The van der Waals surface area contributed by atoms with Gasteiger partial charge in [0.25, 0.3) is 5.91 Å². The lowest BCUT2D eigenvalue weighted by atomic mass is 9.81. The van der Waals surface area contributed by atoms with Crippen molar-refractivity contribution < 1.29 is 18.8 Å². The normalized spacial score (nSPS) is 17.6. The summed E-state index contributed by atoms with van der Waals surface area (Å²) in [6.45, 7) is 3.39. The van der Waals surface area contributed by atoms with E-state index < -0.39 is 5.54 Å². The van der Waals surface area contributed by atoms with Gasteiger partial charge in [-0.1, -0.05) is 24.4 Å². The highest BCUT2D eigenvalue weighted by Gasteiger charge is 2.42. The number of carbonyl (C=O) groups is 2. The second-order valence-corrected chi connectivity index (χ2v) is 5.29. The average molecular weight is 280 g/mol. The van der Waals surface area contributed by atoms with E-state index in [1.165, 1.54) is 7.11 Å². The second-order valence-electron chi connectivity index (χ2n) is 5.29. The third-order valence-electron chi connectivity index (χ3n) is 3.90. The molecule has 0 aliphatic heterocycles. The number of methoxy groups -OCH3 is 1. The standard InChI is InChI=1S/C14H20N2O4/c1-9-11(10(2)20-16-9)12(17)15-14(13(18)19-3)7-5-4-6-8-14/h4-8H2,1-3H3,(H,15,17). The fourth-order valence-electron chi connectivity index (χ4n) is 2.82. The van der Waals surface area contributed by atoms with E-state index >= 15 is 0 Å². The van der Waals surface area contributed by atoms with E-state index in [1.807, 2.05) is 0 Å². The molecule has 2 rings (SSSR count). The highest BCUT2D eigenvalue weighted by molar-refractivity contribution is 5.99. The Balaban J connectivity index is 2.24. The maximum absolute atomic E-state index is 12.4. The smallest absolute Gasteiger partial charge is 0.331 e. The van der Waals surface area contributed by atoms with Gasteiger partial charge in [-0.05, 0) is 26.7 Å². The van der Waals surface area contributed by atoms with Gasteiger partial charge < -0.3 is 14.6 Å². The van der Waals surface area contributed by atoms with Gasteiger partial charge in [0.15, 0.2) is 0 Å². The molecule has 0 bridgehead atoms. The fraction of sp³-hybridized carbons (Fsp3) is 0.643. The number of ether oxygens (including phenoxy) is 1. The van der Waals surface area contributed by atoms with Crippen LogP contribution in [0.25, 0.3) is 0 Å². The van der Waals surface area contributed by atoms with Crippen LogP contribution in [0.1, 0.15) is 53.9 Å². The van der Waals surface area contributed by atoms with Crippen LogP contribution in [-0.2, 0) is 9.53 Å². The molecule has 1 aliphatic rings. The van der Waals surface area contributed by atoms with Gasteiger partial charge in [0.1, 0.15) is 16.9 Å². The molecule has 20 heavy (non-hydrogen) atoms. The maximum atomic E-state index is 12.4. The first-order valence-corrected chi connectivity index (χ1v) is 6.84. The quantitative estimate of drug-likeness (QED) is 0.855. The lowest BCUT2D eigenvalue weighted by Crippen LogP contribution is -2.56. The van der Waals surface area contributed by atoms with Crippen molar-refractivity contribution in [1.82, 2.24) is 10.5 Å². The molecular weight excluding hydrogens is 260 g/mol. The summed E-state index contributed by atoms with van der Waals surface area (Å²) in [5.74, 6) is -0.248. The first kappa shape index (κ1) is 14.6. The van der Waals surface area contributed by atoms with Crippen LogP contribution in [0.5, 0.6) is 0 Å². The van der Waals surface area contributed by atoms with Crippen LogP contribution in [0.4, 0.5) is 0 Å². The molecule has 0 atom stereocenters. The summed E-state index contributed by atoms with van der Waals surface area (Å²) >= 11 is 0. The molecule has 6 nitrogen and oxygen atoms in total. The number of rotatable bonds is 3. The van der Waals surface area contributed by atoms with E-state index in [0.29, 0.717) is 29.9 Å². The number of aryl methyl sites for hydroxylation is 2. The second kappa shape index (κ2) is 5.64. The van der Waals surface area contributed by atoms with Gasteiger partial charge in [0, 0.05) is 0 Å². The monoisotopic (exact) mass is 280 g/mol. The fourth-order valence-corrected chi connectivity index (χ4v) is 2.82. The Morgan fingerprint density at radius 3 is 2.40 bits per heavy atom. The van der Waals surface area contributed by atoms with Crippen LogP contribution in [0.3, 0.4) is 0 Å². The lowest BCUT2D eigenvalue weighted by molar-refractivity contribution is -0.149. The van der Waals surface area contributed by atoms with E-state index in [2.05, 4.69) is 10.5 Å². The third kappa shape index (κ3) is 2.55. The minimum atomic E-state index is -0.916. The van der Waals surface area contributed by atoms with Crippen molar-refractivity contribution in [3.05, 3.63) is 17.0 Å². The Bertz CT molecular complexity index is 496. The minimum absolute atomic E-state index is 0.325. The summed E-state index contributed by atoms with van der Waals surface area (Å²) < 4.78 is 9.88. The number of aromatic nitrogens is 1. The van der Waals surface area contributed by atoms with Crippen molar-refractivity contribution >= 4 is 11.9 Å². The summed E-state index contributed by atoms with van der Waals surface area (Å²) in [4.78, 5) is 24.5. The van der Waals surface area contributed by atoms with Crippen LogP contribution in [0.2, 0.25) is 0 Å². The van der Waals surface area contributed by atoms with Crippen LogP contribution >= 0.6 is 0 Å². The first-order chi connectivity index (χ1) is 9.50. The molecule has 1 aromatic rings. The molecule has 1 amide bonds. The molecule has 1 heterocycles. The Hall–Kier alpha value is -1.85. The molecule has 1 fully saturated rings. The van der Waals surface area contributed by atoms with Gasteiger partial charge in [-0.2, -0.15) is 0 Å². The Labute approximate surface area is 117 Å². The van der Waals surface area contributed by atoms with Crippen molar-refractivity contribution in [2.75, 3.05) is 7.11 Å². The zero-order valence-electron chi connectivity index (χ0n) is 12.1. The van der Waals surface area contributed by atoms with Crippen LogP contribution in [0, 0.1) is 13.8 Å². The van der Waals surface area contributed by atoms with Gasteiger partial charge in [0.2, 0.25) is 0 Å². The summed E-state index contributed by atoms with van der Waals surface area (Å²) in [7, 11) is 1.35. The topological polar surface area (TPSA) is 81.4 Å². The van der Waals surface area contributed by atoms with Crippen LogP contribution < -0.4 is 5.32 Å². The number of nitrogens with one attached hydrogen (secondary N) is 1. The largest absolute Gasteiger partial charge is 0.467 e. The average Bonchev–Trinajstić information content (AvgIpc) is 2.78. The zero-order valence-corrected chi connectivity index (χ0v) is 12.1. The summed E-state index contributed by atoms with van der Waals surface area (Å²) in [6.07, 6.45) is 4.08. The van der Waals surface area contributed by atoms with Crippen LogP contribution in [0.15, 0.2) is 4.52 Å². The molecule has 1 N–H and O–H groups in total. The number of carbonyl (C=O) groups excluding carboxylic acids is 2. The van der Waals surface area contributed by atoms with Crippen molar-refractivity contribution in [3.8, 4) is 0 Å². The van der Waals surface area contributed by atoms with E-state index in [9.17, 15) is 9.59 Å². The van der Waals surface area contributed by atoms with Crippen LogP contribution in [-0.4, -0.2) is 29.7 Å². The first-order valence-electron chi connectivity index (χ1n) is 6.84. The highest BCUT2D eigenvalue weighted by atomic mass is 16.5. The van der Waals surface area contributed by atoms with Crippen molar-refractivity contribution in [2.24, 2.45) is 0 Å². The Morgan fingerprint density at radius 1 is 1.25 bits per heavy atom. The van der Waals surface area contributed by atoms with Gasteiger partial charge in [-0.15, -0.1) is 0 Å². The zero-order chi connectivity index (χ0) is 14.8. The molecule has 1 aromatic heterocycles. The Morgan fingerprint density at radius 2 is 1.90 bits per heavy atom. The Kier molecular flexibility index (Phi) is 4.11. The molecular formula is C14H20N2O4. The van der Waals surface area contributed by atoms with Gasteiger partial charge in [-0.3, -0.25) is 4.79 Å². The molecule has 0 spiro atoms. The molecule has 0 unspecified atom stereocenters. The van der Waals surface area contributed by atoms with Crippen molar-refractivity contribution in [1.29, 1.82) is 0 Å². The summed E-state index contributed by atoms with van der Waals surface area (Å²) in [6, 6.07) is 0. The molecule has 0 saturated heterocycles. The summed E-state index contributed by atoms with van der Waals surface area (Å²) in [5, 5.41) is 6.62. The molecule has 110 valence electrons. The van der Waals surface area contributed by atoms with Gasteiger partial charge in [0.05, 0.1) is 12.8 Å².